The van der Waals surface area contributed by atoms with Crippen LogP contribution in [0.4, 0.5) is 11.4 Å². The Hall–Kier alpha value is -2.36. The summed E-state index contributed by atoms with van der Waals surface area (Å²) in [4.78, 5) is 0.283. The molecular weight excluding hydrogens is 470 g/mol. The van der Waals surface area contributed by atoms with Crippen LogP contribution in [-0.4, -0.2) is 33.3 Å². The molecule has 2 aromatic rings. The van der Waals surface area contributed by atoms with Crippen LogP contribution in [-0.2, 0) is 10.0 Å². The van der Waals surface area contributed by atoms with Crippen molar-refractivity contribution < 1.29 is 17.9 Å². The maximum atomic E-state index is 13.2. The third-order valence-electron chi connectivity index (χ3n) is 7.42. The van der Waals surface area contributed by atoms with E-state index < -0.39 is 10.0 Å². The summed E-state index contributed by atoms with van der Waals surface area (Å²) in [7, 11) is -0.414. The highest BCUT2D eigenvalue weighted by molar-refractivity contribution is 7.89. The molecule has 4 aliphatic carbocycles. The van der Waals surface area contributed by atoms with Crippen molar-refractivity contribution in [1.29, 1.82) is 0 Å². The number of methoxy groups -OCH3 is 2. The number of hydrogen-bond donors (Lipinski definition) is 3. The number of thiocarbonyl (C=S) groups is 1. The molecular formula is C25H31N3O4S2. The quantitative estimate of drug-likeness (QED) is 0.472. The molecule has 4 fully saturated rings. The maximum Gasteiger partial charge on any atom is 0.241 e. The van der Waals surface area contributed by atoms with Gasteiger partial charge in [0.1, 0.15) is 11.5 Å². The lowest BCUT2D eigenvalue weighted by Crippen LogP contribution is -2.59. The third-order valence-corrected chi connectivity index (χ3v) is 9.22. The highest BCUT2D eigenvalue weighted by Crippen LogP contribution is 2.56. The van der Waals surface area contributed by atoms with Gasteiger partial charge < -0.3 is 20.1 Å². The average molecular weight is 502 g/mol. The lowest BCUT2D eigenvalue weighted by Gasteiger charge is -2.56. The highest BCUT2D eigenvalue weighted by atomic mass is 32.2. The van der Waals surface area contributed by atoms with E-state index in [9.17, 15) is 8.42 Å². The molecule has 2 aromatic carbocycles. The van der Waals surface area contributed by atoms with E-state index in [0.29, 0.717) is 45.7 Å². The van der Waals surface area contributed by atoms with E-state index in [0.717, 1.165) is 19.3 Å². The molecule has 4 bridgehead atoms. The summed E-state index contributed by atoms with van der Waals surface area (Å²) in [5, 5.41) is 6.57. The minimum absolute atomic E-state index is 0.256. The summed E-state index contributed by atoms with van der Waals surface area (Å²) in [6.07, 6.45) is 6.76. The van der Waals surface area contributed by atoms with Crippen LogP contribution >= 0.6 is 12.2 Å². The molecule has 0 radical (unpaired) electrons. The molecule has 0 spiro atoms. The first-order valence-electron chi connectivity index (χ1n) is 11.7. The van der Waals surface area contributed by atoms with E-state index in [1.807, 2.05) is 12.1 Å². The van der Waals surface area contributed by atoms with Gasteiger partial charge in [-0.05, 0) is 92.8 Å². The van der Waals surface area contributed by atoms with E-state index in [2.05, 4.69) is 15.4 Å². The highest BCUT2D eigenvalue weighted by Gasteiger charge is 2.52. The van der Waals surface area contributed by atoms with Crippen LogP contribution in [0.2, 0.25) is 0 Å². The zero-order chi connectivity index (χ0) is 23.9. The van der Waals surface area contributed by atoms with E-state index in [-0.39, 0.29) is 10.4 Å². The maximum absolute atomic E-state index is 13.2. The normalized spacial score (nSPS) is 27.3. The SMILES string of the molecule is COc1cc(NC(=S)Nc2ccc(S(=O)(=O)NC34CC5CC(CC(C5)C3)C4)cc2)cc(OC)c1. The number of ether oxygens (including phenoxy) is 2. The van der Waals surface area contributed by atoms with E-state index in [4.69, 9.17) is 21.7 Å². The van der Waals surface area contributed by atoms with E-state index in [1.165, 1.54) is 19.3 Å². The van der Waals surface area contributed by atoms with Crippen molar-refractivity contribution in [3.63, 3.8) is 0 Å². The van der Waals surface area contributed by atoms with Gasteiger partial charge in [-0.15, -0.1) is 0 Å². The number of hydrogen-bond acceptors (Lipinski definition) is 5. The summed E-state index contributed by atoms with van der Waals surface area (Å²) in [5.74, 6) is 3.33. The van der Waals surface area contributed by atoms with Crippen molar-refractivity contribution in [2.45, 2.75) is 49.0 Å². The van der Waals surface area contributed by atoms with E-state index >= 15 is 0 Å². The average Bonchev–Trinajstić information content (AvgIpc) is 2.77. The fourth-order valence-electron chi connectivity index (χ4n) is 6.47. The Balaban J connectivity index is 1.23. The number of anilines is 2. The summed E-state index contributed by atoms with van der Waals surface area (Å²) < 4.78 is 40.1. The van der Waals surface area contributed by atoms with Crippen LogP contribution in [0.5, 0.6) is 11.5 Å². The van der Waals surface area contributed by atoms with Gasteiger partial charge in [-0.1, -0.05) is 0 Å². The van der Waals surface area contributed by atoms with Crippen molar-refractivity contribution in [3.8, 4) is 11.5 Å². The predicted octanol–water partition coefficient (Wildman–Crippen LogP) is 4.76. The van der Waals surface area contributed by atoms with Crippen LogP contribution in [0, 0.1) is 17.8 Å². The molecule has 0 unspecified atom stereocenters. The lowest BCUT2D eigenvalue weighted by atomic mass is 9.53. The topological polar surface area (TPSA) is 88.7 Å². The predicted molar refractivity (Wildman–Crippen MR) is 137 cm³/mol. The molecule has 6 rings (SSSR count). The summed E-state index contributed by atoms with van der Waals surface area (Å²) in [6.45, 7) is 0. The molecule has 0 saturated heterocycles. The zero-order valence-electron chi connectivity index (χ0n) is 19.5. The first-order chi connectivity index (χ1) is 16.3. The Bertz CT molecular complexity index is 1120. The second kappa shape index (κ2) is 9.02. The summed E-state index contributed by atoms with van der Waals surface area (Å²) >= 11 is 5.42. The lowest BCUT2D eigenvalue weighted by molar-refractivity contribution is -0.00810. The van der Waals surface area contributed by atoms with Crippen LogP contribution in [0.25, 0.3) is 0 Å². The number of benzene rings is 2. The summed E-state index contributed by atoms with van der Waals surface area (Å²) in [5.41, 5.74) is 1.15. The molecule has 34 heavy (non-hydrogen) atoms. The molecule has 3 N–H and O–H groups in total. The van der Waals surface area contributed by atoms with Crippen LogP contribution in [0.3, 0.4) is 0 Å². The molecule has 7 nitrogen and oxygen atoms in total. The Morgan fingerprint density at radius 1 is 0.853 bits per heavy atom. The van der Waals surface area contributed by atoms with Gasteiger partial charge in [-0.2, -0.15) is 0 Å². The largest absolute Gasteiger partial charge is 0.497 e. The molecule has 0 atom stereocenters. The van der Waals surface area contributed by atoms with Crippen molar-refractivity contribution in [2.24, 2.45) is 17.8 Å². The second-order valence-corrected chi connectivity index (χ2v) is 12.1. The number of sulfonamides is 1. The van der Waals surface area contributed by atoms with Gasteiger partial charge in [0.15, 0.2) is 5.11 Å². The smallest absolute Gasteiger partial charge is 0.241 e. The molecule has 0 heterocycles. The minimum atomic E-state index is -3.59. The molecule has 4 aliphatic rings. The van der Waals surface area contributed by atoms with Crippen molar-refractivity contribution in [3.05, 3.63) is 42.5 Å². The second-order valence-electron chi connectivity index (χ2n) is 10.0. The third kappa shape index (κ3) is 4.87. The molecule has 9 heteroatoms. The minimum Gasteiger partial charge on any atom is -0.497 e. The Morgan fingerprint density at radius 2 is 1.35 bits per heavy atom. The van der Waals surface area contributed by atoms with Crippen molar-refractivity contribution in [1.82, 2.24) is 4.72 Å². The molecule has 182 valence electrons. The van der Waals surface area contributed by atoms with Crippen LogP contribution in [0.15, 0.2) is 47.4 Å². The first-order valence-corrected chi connectivity index (χ1v) is 13.6. The zero-order valence-corrected chi connectivity index (χ0v) is 21.1. The molecule has 0 amide bonds. The van der Waals surface area contributed by atoms with Crippen molar-refractivity contribution >= 4 is 38.7 Å². The Morgan fingerprint density at radius 3 is 1.85 bits per heavy atom. The standard InChI is InChI=1S/C25H31N3O4S2/c1-31-21-10-20(11-22(12-21)32-2)27-24(33)26-19-3-5-23(6-4-19)34(29,30)28-25-13-16-7-17(14-25)9-18(8-16)15-25/h3-6,10-12,16-18,28H,7-9,13-15H2,1-2H3,(H2,26,27,33). The molecule has 0 aliphatic heterocycles. The van der Waals surface area contributed by atoms with E-state index in [1.54, 1.807) is 44.6 Å². The Kier molecular flexibility index (Phi) is 6.20. The number of nitrogens with one attached hydrogen (secondary N) is 3. The number of rotatable bonds is 7. The van der Waals surface area contributed by atoms with Gasteiger partial charge in [0.2, 0.25) is 10.0 Å². The van der Waals surface area contributed by atoms with Gasteiger partial charge in [0, 0.05) is 35.1 Å². The fraction of sp³-hybridized carbons (Fsp3) is 0.480. The fourth-order valence-corrected chi connectivity index (χ4v) is 8.14. The van der Waals surface area contributed by atoms with Crippen molar-refractivity contribution in [2.75, 3.05) is 24.9 Å². The van der Waals surface area contributed by atoms with Crippen LogP contribution in [0.1, 0.15) is 38.5 Å². The van der Waals surface area contributed by atoms with Gasteiger partial charge in [0.05, 0.1) is 19.1 Å². The van der Waals surface area contributed by atoms with Gasteiger partial charge >= 0.3 is 0 Å². The molecule has 0 aromatic heterocycles. The Labute approximate surface area is 206 Å². The first kappa shape index (κ1) is 23.4. The van der Waals surface area contributed by atoms with Gasteiger partial charge in [-0.25, -0.2) is 13.1 Å². The monoisotopic (exact) mass is 501 g/mol. The molecule has 4 saturated carbocycles. The van der Waals surface area contributed by atoms with Gasteiger partial charge in [0.25, 0.3) is 0 Å². The summed E-state index contributed by atoms with van der Waals surface area (Å²) in [6, 6.07) is 12.1. The van der Waals surface area contributed by atoms with Gasteiger partial charge in [-0.3, -0.25) is 0 Å². The van der Waals surface area contributed by atoms with Crippen LogP contribution < -0.4 is 24.8 Å².